The smallest absolute Gasteiger partial charge is 0.251 e. The maximum Gasteiger partial charge on any atom is 0.251 e. The number of hydrogen-bond acceptors (Lipinski definition) is 5. The van der Waals surface area contributed by atoms with Gasteiger partial charge < -0.3 is 10.4 Å². The summed E-state index contributed by atoms with van der Waals surface area (Å²) in [4.78, 5) is 19.1. The van der Waals surface area contributed by atoms with E-state index in [2.05, 4.69) is 32.4 Å². The third-order valence-electron chi connectivity index (χ3n) is 5.41. The van der Waals surface area contributed by atoms with Crippen LogP contribution in [0.1, 0.15) is 22.3 Å². The average molecular weight is 391 g/mol. The second-order valence-electron chi connectivity index (χ2n) is 7.42. The lowest BCUT2D eigenvalue weighted by molar-refractivity contribution is 0.0712. The zero-order valence-electron chi connectivity index (χ0n) is 16.2. The lowest BCUT2D eigenvalue weighted by atomic mass is 9.92. The number of nitrogens with zero attached hydrogens (tertiary/aromatic N) is 4. The van der Waals surface area contributed by atoms with Gasteiger partial charge in [0.25, 0.3) is 5.91 Å². The van der Waals surface area contributed by atoms with Crippen molar-refractivity contribution in [2.45, 2.75) is 19.0 Å². The van der Waals surface area contributed by atoms with Gasteiger partial charge in [-0.3, -0.25) is 9.69 Å². The Balaban J connectivity index is 1.39. The minimum absolute atomic E-state index is 0.00918. The predicted molar refractivity (Wildman–Crippen MR) is 110 cm³/mol. The molecule has 1 amide bonds. The summed E-state index contributed by atoms with van der Waals surface area (Å²) < 4.78 is 1.62. The number of amides is 1. The summed E-state index contributed by atoms with van der Waals surface area (Å²) in [7, 11) is 0. The number of benzene rings is 2. The van der Waals surface area contributed by atoms with E-state index >= 15 is 0 Å². The number of carbonyl (C=O) groups is 1. The summed E-state index contributed by atoms with van der Waals surface area (Å²) in [6, 6.07) is 17.6. The van der Waals surface area contributed by atoms with Crippen molar-refractivity contribution in [2.24, 2.45) is 5.92 Å². The van der Waals surface area contributed by atoms with E-state index < -0.39 is 0 Å². The van der Waals surface area contributed by atoms with Crippen LogP contribution in [0.5, 0.6) is 0 Å². The topological polar surface area (TPSA) is 83.3 Å². The van der Waals surface area contributed by atoms with E-state index in [-0.39, 0.29) is 24.5 Å². The molecule has 29 heavy (non-hydrogen) atoms. The summed E-state index contributed by atoms with van der Waals surface area (Å²) in [5.41, 5.74) is 2.62. The van der Waals surface area contributed by atoms with E-state index in [1.54, 1.807) is 23.1 Å². The number of likely N-dealkylation sites (tertiary alicyclic amines) is 1. The number of aliphatic hydroxyl groups excluding tert-OH is 1. The van der Waals surface area contributed by atoms with E-state index in [4.69, 9.17) is 0 Å². The molecule has 7 nitrogen and oxygen atoms in total. The van der Waals surface area contributed by atoms with Gasteiger partial charge in [0.15, 0.2) is 0 Å². The molecule has 1 aromatic heterocycles. The Bertz CT molecular complexity index is 929. The van der Waals surface area contributed by atoms with Crippen molar-refractivity contribution in [3.8, 4) is 5.69 Å². The van der Waals surface area contributed by atoms with Gasteiger partial charge in [0.05, 0.1) is 5.69 Å². The van der Waals surface area contributed by atoms with Crippen LogP contribution in [0.15, 0.2) is 67.3 Å². The summed E-state index contributed by atoms with van der Waals surface area (Å²) in [6.45, 7) is 2.55. The van der Waals surface area contributed by atoms with Gasteiger partial charge in [-0.25, -0.2) is 9.67 Å². The molecule has 1 fully saturated rings. The molecule has 150 valence electrons. The van der Waals surface area contributed by atoms with E-state index in [9.17, 15) is 9.90 Å². The van der Waals surface area contributed by atoms with Crippen molar-refractivity contribution in [1.29, 1.82) is 0 Å². The first-order valence-electron chi connectivity index (χ1n) is 9.86. The molecule has 2 unspecified atom stereocenters. The Morgan fingerprint density at radius 1 is 1.17 bits per heavy atom. The van der Waals surface area contributed by atoms with Crippen LogP contribution in [0.3, 0.4) is 0 Å². The fraction of sp³-hybridized carbons (Fsp3) is 0.318. The van der Waals surface area contributed by atoms with Crippen LogP contribution in [-0.4, -0.2) is 56.4 Å². The standard InChI is InChI=1S/C22H25N5O2/c28-14-19-13-26(12-17-5-2-1-3-6-17)10-9-21(19)25-22(29)18-7-4-8-20(11-18)27-16-23-15-24-27/h1-8,11,15-16,19,21,28H,9-10,12-14H2,(H,25,29). The molecule has 1 aliphatic heterocycles. The van der Waals surface area contributed by atoms with Crippen LogP contribution in [0, 0.1) is 5.92 Å². The molecule has 4 rings (SSSR count). The fourth-order valence-electron chi connectivity index (χ4n) is 3.85. The molecule has 2 N–H and O–H groups in total. The summed E-state index contributed by atoms with van der Waals surface area (Å²) in [5, 5.41) is 17.1. The second kappa shape index (κ2) is 8.98. The highest BCUT2D eigenvalue weighted by atomic mass is 16.3. The van der Waals surface area contributed by atoms with Gasteiger partial charge in [-0.2, -0.15) is 5.10 Å². The van der Waals surface area contributed by atoms with Gasteiger partial charge in [-0.15, -0.1) is 0 Å². The third-order valence-corrected chi connectivity index (χ3v) is 5.41. The molecule has 0 spiro atoms. The molecule has 2 heterocycles. The van der Waals surface area contributed by atoms with E-state index in [0.29, 0.717) is 5.56 Å². The minimum Gasteiger partial charge on any atom is -0.396 e. The molecule has 0 aliphatic carbocycles. The molecule has 2 aromatic carbocycles. The maximum atomic E-state index is 12.8. The van der Waals surface area contributed by atoms with Crippen molar-refractivity contribution in [2.75, 3.05) is 19.7 Å². The van der Waals surface area contributed by atoms with Crippen LogP contribution in [0.25, 0.3) is 5.69 Å². The highest BCUT2D eigenvalue weighted by Gasteiger charge is 2.30. The second-order valence-corrected chi connectivity index (χ2v) is 7.42. The van der Waals surface area contributed by atoms with Gasteiger partial charge in [0.2, 0.25) is 0 Å². The maximum absolute atomic E-state index is 12.8. The molecule has 1 aliphatic rings. The Labute approximate surface area is 170 Å². The Morgan fingerprint density at radius 3 is 2.79 bits per heavy atom. The summed E-state index contributed by atoms with van der Waals surface area (Å²) in [6.07, 6.45) is 3.87. The van der Waals surface area contributed by atoms with Crippen LogP contribution < -0.4 is 5.32 Å². The normalized spacial score (nSPS) is 19.8. The Kier molecular flexibility index (Phi) is 5.97. The predicted octanol–water partition coefficient (Wildman–Crippen LogP) is 1.88. The average Bonchev–Trinajstić information content (AvgIpc) is 3.30. The van der Waals surface area contributed by atoms with Crippen LogP contribution in [-0.2, 0) is 6.54 Å². The quantitative estimate of drug-likeness (QED) is 0.670. The Morgan fingerprint density at radius 2 is 2.03 bits per heavy atom. The largest absolute Gasteiger partial charge is 0.396 e. The van der Waals surface area contributed by atoms with E-state index in [0.717, 1.165) is 31.7 Å². The van der Waals surface area contributed by atoms with E-state index in [1.807, 2.05) is 30.3 Å². The van der Waals surface area contributed by atoms with Crippen molar-refractivity contribution < 1.29 is 9.90 Å². The van der Waals surface area contributed by atoms with Crippen LogP contribution in [0.2, 0.25) is 0 Å². The number of rotatable bonds is 6. The van der Waals surface area contributed by atoms with Gasteiger partial charge in [0.1, 0.15) is 12.7 Å². The lowest BCUT2D eigenvalue weighted by Crippen LogP contribution is -2.51. The molecule has 1 saturated heterocycles. The molecule has 3 aromatic rings. The zero-order chi connectivity index (χ0) is 20.1. The van der Waals surface area contributed by atoms with E-state index in [1.165, 1.54) is 11.9 Å². The SMILES string of the molecule is O=C(NC1CCN(Cc2ccccc2)CC1CO)c1cccc(-n2cncn2)c1. The summed E-state index contributed by atoms with van der Waals surface area (Å²) in [5.74, 6) is -0.123. The first-order valence-corrected chi connectivity index (χ1v) is 9.86. The number of nitrogens with one attached hydrogen (secondary N) is 1. The van der Waals surface area contributed by atoms with Gasteiger partial charge in [0, 0.05) is 43.8 Å². The number of carbonyl (C=O) groups excluding carboxylic acids is 1. The molecule has 7 heteroatoms. The number of piperidine rings is 1. The molecule has 0 bridgehead atoms. The van der Waals surface area contributed by atoms with Gasteiger partial charge >= 0.3 is 0 Å². The lowest BCUT2D eigenvalue weighted by Gasteiger charge is -2.38. The number of aliphatic hydroxyl groups is 1. The van der Waals surface area contributed by atoms with Crippen molar-refractivity contribution in [3.63, 3.8) is 0 Å². The molecular formula is C22H25N5O2. The fourth-order valence-corrected chi connectivity index (χ4v) is 3.85. The minimum atomic E-state index is -0.132. The molecule has 2 atom stereocenters. The number of aromatic nitrogens is 3. The monoisotopic (exact) mass is 391 g/mol. The van der Waals surface area contributed by atoms with Crippen molar-refractivity contribution in [1.82, 2.24) is 25.0 Å². The Hall–Kier alpha value is -3.03. The highest BCUT2D eigenvalue weighted by Crippen LogP contribution is 2.20. The highest BCUT2D eigenvalue weighted by molar-refractivity contribution is 5.94. The molecule has 0 saturated carbocycles. The van der Waals surface area contributed by atoms with Crippen molar-refractivity contribution in [3.05, 3.63) is 78.4 Å². The van der Waals surface area contributed by atoms with Gasteiger partial charge in [-0.05, 0) is 30.2 Å². The van der Waals surface area contributed by atoms with Crippen LogP contribution in [0.4, 0.5) is 0 Å². The summed E-state index contributed by atoms with van der Waals surface area (Å²) >= 11 is 0. The number of hydrogen-bond donors (Lipinski definition) is 2. The third kappa shape index (κ3) is 4.70. The van der Waals surface area contributed by atoms with Gasteiger partial charge in [-0.1, -0.05) is 36.4 Å². The first-order chi connectivity index (χ1) is 14.2. The van der Waals surface area contributed by atoms with Crippen molar-refractivity contribution >= 4 is 5.91 Å². The molecule has 0 radical (unpaired) electrons. The van der Waals surface area contributed by atoms with Crippen LogP contribution >= 0.6 is 0 Å². The molecular weight excluding hydrogens is 366 g/mol. The first kappa shape index (κ1) is 19.3. The zero-order valence-corrected chi connectivity index (χ0v) is 16.2.